The molecule has 1 saturated heterocycles. The standard InChI is InChI=1S/C22H24BNO2/c1-21(2)22(3,4)26-23(25-21)20-13-17(14-24-15-20)11-16-9-10-18-7-5-6-8-19(18)12-16/h5-10,12-15H,11H2,1-4H3. The van der Waals surface area contributed by atoms with Gasteiger partial charge in [-0.2, -0.15) is 0 Å². The van der Waals surface area contributed by atoms with Crippen molar-refractivity contribution in [2.75, 3.05) is 0 Å². The number of benzene rings is 2. The monoisotopic (exact) mass is 345 g/mol. The molecule has 3 nitrogen and oxygen atoms in total. The van der Waals surface area contributed by atoms with Crippen molar-refractivity contribution in [2.45, 2.75) is 45.3 Å². The lowest BCUT2D eigenvalue weighted by Gasteiger charge is -2.32. The van der Waals surface area contributed by atoms with Crippen LogP contribution in [0.2, 0.25) is 0 Å². The van der Waals surface area contributed by atoms with Crippen molar-refractivity contribution in [3.8, 4) is 0 Å². The number of nitrogens with zero attached hydrogens (tertiary/aromatic N) is 1. The average molecular weight is 345 g/mol. The van der Waals surface area contributed by atoms with Crippen LogP contribution in [0.1, 0.15) is 38.8 Å². The van der Waals surface area contributed by atoms with Gasteiger partial charge in [-0.1, -0.05) is 48.5 Å². The normalized spacial score (nSPS) is 18.4. The number of pyridine rings is 1. The van der Waals surface area contributed by atoms with Crippen LogP contribution in [0.4, 0.5) is 0 Å². The van der Waals surface area contributed by atoms with Crippen molar-refractivity contribution >= 4 is 23.4 Å². The maximum Gasteiger partial charge on any atom is 0.496 e. The zero-order valence-electron chi connectivity index (χ0n) is 15.8. The van der Waals surface area contributed by atoms with Crippen LogP contribution in [0.3, 0.4) is 0 Å². The van der Waals surface area contributed by atoms with E-state index in [2.05, 4.69) is 81.2 Å². The number of fused-ring (bicyclic) bond motifs is 1. The third-order valence-electron chi connectivity index (χ3n) is 5.56. The fourth-order valence-corrected chi connectivity index (χ4v) is 3.30. The van der Waals surface area contributed by atoms with Crippen LogP contribution in [0.15, 0.2) is 60.9 Å². The summed E-state index contributed by atoms with van der Waals surface area (Å²) in [5, 5.41) is 2.53. The van der Waals surface area contributed by atoms with Crippen molar-refractivity contribution in [3.63, 3.8) is 0 Å². The van der Waals surface area contributed by atoms with Gasteiger partial charge in [0.25, 0.3) is 0 Å². The highest BCUT2D eigenvalue weighted by Gasteiger charge is 2.51. The van der Waals surface area contributed by atoms with E-state index in [1.54, 1.807) is 0 Å². The highest BCUT2D eigenvalue weighted by molar-refractivity contribution is 6.62. The molecule has 0 bridgehead atoms. The van der Waals surface area contributed by atoms with Crippen LogP contribution < -0.4 is 5.46 Å². The van der Waals surface area contributed by atoms with E-state index >= 15 is 0 Å². The van der Waals surface area contributed by atoms with Crippen LogP contribution in [0.25, 0.3) is 10.8 Å². The third kappa shape index (κ3) is 3.15. The number of rotatable bonds is 3. The van der Waals surface area contributed by atoms with Gasteiger partial charge in [-0.3, -0.25) is 4.98 Å². The number of hydrogen-bond donors (Lipinski definition) is 0. The minimum absolute atomic E-state index is 0.341. The molecule has 2 aromatic carbocycles. The Kier molecular flexibility index (Phi) is 4.13. The lowest BCUT2D eigenvalue weighted by atomic mass is 9.79. The maximum absolute atomic E-state index is 6.15. The van der Waals surface area contributed by atoms with Gasteiger partial charge < -0.3 is 9.31 Å². The lowest BCUT2D eigenvalue weighted by Crippen LogP contribution is -2.41. The Balaban J connectivity index is 1.58. The van der Waals surface area contributed by atoms with Crippen LogP contribution in [-0.4, -0.2) is 23.3 Å². The first-order valence-electron chi connectivity index (χ1n) is 9.11. The summed E-state index contributed by atoms with van der Waals surface area (Å²) in [6.45, 7) is 8.28. The van der Waals surface area contributed by atoms with Crippen molar-refractivity contribution < 1.29 is 9.31 Å². The Morgan fingerprint density at radius 1 is 0.808 bits per heavy atom. The van der Waals surface area contributed by atoms with E-state index in [0.29, 0.717) is 0 Å². The van der Waals surface area contributed by atoms with Gasteiger partial charge in [0.1, 0.15) is 0 Å². The van der Waals surface area contributed by atoms with Crippen LogP contribution in [0.5, 0.6) is 0 Å². The summed E-state index contributed by atoms with van der Waals surface area (Å²) in [7, 11) is -0.371. The second-order valence-electron chi connectivity index (χ2n) is 8.07. The van der Waals surface area contributed by atoms with Crippen molar-refractivity contribution in [1.29, 1.82) is 0 Å². The fourth-order valence-electron chi connectivity index (χ4n) is 3.30. The van der Waals surface area contributed by atoms with E-state index in [0.717, 1.165) is 17.4 Å². The zero-order chi connectivity index (χ0) is 18.4. The molecule has 1 aliphatic rings. The Morgan fingerprint density at radius 3 is 2.23 bits per heavy atom. The van der Waals surface area contributed by atoms with Gasteiger partial charge in [0.2, 0.25) is 0 Å². The predicted octanol–water partition coefficient (Wildman–Crippen LogP) is 4.12. The highest BCUT2D eigenvalue weighted by Crippen LogP contribution is 2.36. The molecule has 2 heterocycles. The molecule has 26 heavy (non-hydrogen) atoms. The van der Waals surface area contributed by atoms with Gasteiger partial charge >= 0.3 is 7.12 Å². The molecule has 0 aliphatic carbocycles. The summed E-state index contributed by atoms with van der Waals surface area (Å²) in [5.74, 6) is 0. The summed E-state index contributed by atoms with van der Waals surface area (Å²) in [6.07, 6.45) is 4.60. The fraction of sp³-hybridized carbons (Fsp3) is 0.318. The molecule has 1 fully saturated rings. The van der Waals surface area contributed by atoms with Crippen molar-refractivity contribution in [1.82, 2.24) is 4.98 Å². The van der Waals surface area contributed by atoms with Crippen LogP contribution >= 0.6 is 0 Å². The lowest BCUT2D eigenvalue weighted by molar-refractivity contribution is 0.00578. The van der Waals surface area contributed by atoms with Gasteiger partial charge in [0, 0.05) is 17.9 Å². The molecule has 0 saturated carbocycles. The molecule has 4 heteroatoms. The first-order valence-corrected chi connectivity index (χ1v) is 9.11. The molecule has 0 atom stereocenters. The molecule has 0 spiro atoms. The molecule has 4 rings (SSSR count). The molecule has 0 unspecified atom stereocenters. The first kappa shape index (κ1) is 17.3. The molecule has 3 aromatic rings. The third-order valence-corrected chi connectivity index (χ3v) is 5.56. The molecule has 132 valence electrons. The minimum atomic E-state index is -0.371. The Morgan fingerprint density at radius 2 is 1.50 bits per heavy atom. The molecule has 0 amide bonds. The van der Waals surface area contributed by atoms with Gasteiger partial charge in [-0.05, 0) is 56.0 Å². The van der Waals surface area contributed by atoms with Crippen LogP contribution in [-0.2, 0) is 15.7 Å². The Hall–Kier alpha value is -2.17. The topological polar surface area (TPSA) is 31.4 Å². The van der Waals surface area contributed by atoms with Gasteiger partial charge in [-0.15, -0.1) is 0 Å². The second-order valence-corrected chi connectivity index (χ2v) is 8.07. The quantitative estimate of drug-likeness (QED) is 0.669. The molecule has 1 aromatic heterocycles. The molecular formula is C22H24BNO2. The molecule has 0 radical (unpaired) electrons. The summed E-state index contributed by atoms with van der Waals surface area (Å²) >= 11 is 0. The van der Waals surface area contributed by atoms with Gasteiger partial charge in [0.05, 0.1) is 11.2 Å². The molecule has 1 aliphatic heterocycles. The summed E-state index contributed by atoms with van der Waals surface area (Å²) in [5.41, 5.74) is 2.73. The number of hydrogen-bond acceptors (Lipinski definition) is 3. The zero-order valence-corrected chi connectivity index (χ0v) is 15.8. The van der Waals surface area contributed by atoms with E-state index in [4.69, 9.17) is 9.31 Å². The Bertz CT molecular complexity index is 936. The summed E-state index contributed by atoms with van der Waals surface area (Å²) in [4.78, 5) is 4.42. The Labute approximate surface area is 155 Å². The average Bonchev–Trinajstić information content (AvgIpc) is 2.83. The van der Waals surface area contributed by atoms with Crippen molar-refractivity contribution in [3.05, 3.63) is 72.1 Å². The number of aromatic nitrogens is 1. The molecular weight excluding hydrogens is 321 g/mol. The van der Waals surface area contributed by atoms with E-state index in [-0.39, 0.29) is 18.3 Å². The minimum Gasteiger partial charge on any atom is -0.399 e. The summed E-state index contributed by atoms with van der Waals surface area (Å²) < 4.78 is 12.3. The summed E-state index contributed by atoms with van der Waals surface area (Å²) in [6, 6.07) is 17.2. The smallest absolute Gasteiger partial charge is 0.399 e. The highest BCUT2D eigenvalue weighted by atomic mass is 16.7. The predicted molar refractivity (Wildman–Crippen MR) is 107 cm³/mol. The second kappa shape index (κ2) is 6.22. The van der Waals surface area contributed by atoms with Gasteiger partial charge in [0.15, 0.2) is 0 Å². The SMILES string of the molecule is CC1(C)OB(c2cncc(Cc3ccc4ccccc4c3)c2)OC1(C)C. The first-order chi connectivity index (χ1) is 12.3. The van der Waals surface area contributed by atoms with E-state index < -0.39 is 0 Å². The maximum atomic E-state index is 6.15. The largest absolute Gasteiger partial charge is 0.496 e. The van der Waals surface area contributed by atoms with Crippen LogP contribution in [0, 0.1) is 0 Å². The van der Waals surface area contributed by atoms with E-state index in [9.17, 15) is 0 Å². The van der Waals surface area contributed by atoms with E-state index in [1.807, 2.05) is 12.4 Å². The van der Waals surface area contributed by atoms with Gasteiger partial charge in [-0.25, -0.2) is 0 Å². The van der Waals surface area contributed by atoms with Crippen molar-refractivity contribution in [2.24, 2.45) is 0 Å². The van der Waals surface area contributed by atoms with E-state index in [1.165, 1.54) is 16.3 Å². The molecule has 0 N–H and O–H groups in total.